The lowest BCUT2D eigenvalue weighted by molar-refractivity contribution is 0.247. The van der Waals surface area contributed by atoms with E-state index in [1.807, 2.05) is 0 Å². The summed E-state index contributed by atoms with van der Waals surface area (Å²) in [4.78, 5) is 0. The van der Waals surface area contributed by atoms with E-state index in [0.29, 0.717) is 0 Å². The Morgan fingerprint density at radius 3 is 2.92 bits per heavy atom. The van der Waals surface area contributed by atoms with Crippen LogP contribution in [0.1, 0.15) is 58.3 Å². The van der Waals surface area contributed by atoms with Gasteiger partial charge < -0.3 is 5.32 Å². The van der Waals surface area contributed by atoms with Gasteiger partial charge >= 0.3 is 0 Å². The van der Waals surface area contributed by atoms with Crippen molar-refractivity contribution in [2.24, 2.45) is 5.92 Å². The van der Waals surface area contributed by atoms with E-state index in [4.69, 9.17) is 0 Å². The largest absolute Gasteiger partial charge is 0.311 e. The highest BCUT2D eigenvalue weighted by Crippen LogP contribution is 2.34. The van der Waals surface area contributed by atoms with E-state index in [2.05, 4.69) is 12.2 Å². The van der Waals surface area contributed by atoms with Gasteiger partial charge in [0.1, 0.15) is 0 Å². The molecule has 1 nitrogen and oxygen atoms in total. The number of hydrogen-bond acceptors (Lipinski definition) is 1. The van der Waals surface area contributed by atoms with Crippen molar-refractivity contribution in [3.05, 3.63) is 0 Å². The minimum absolute atomic E-state index is 0.860. The van der Waals surface area contributed by atoms with Crippen molar-refractivity contribution >= 4 is 0 Å². The van der Waals surface area contributed by atoms with Crippen LogP contribution in [0.25, 0.3) is 0 Å². The van der Waals surface area contributed by atoms with E-state index in [-0.39, 0.29) is 0 Å². The van der Waals surface area contributed by atoms with Gasteiger partial charge in [0, 0.05) is 12.1 Å². The van der Waals surface area contributed by atoms with Crippen molar-refractivity contribution in [2.45, 2.75) is 70.4 Å². The van der Waals surface area contributed by atoms with Crippen molar-refractivity contribution in [2.75, 3.05) is 0 Å². The molecule has 76 valence electrons. The molecule has 2 aliphatic rings. The maximum atomic E-state index is 3.85. The van der Waals surface area contributed by atoms with Crippen LogP contribution in [0.5, 0.6) is 0 Å². The monoisotopic (exact) mass is 181 g/mol. The highest BCUT2D eigenvalue weighted by atomic mass is 15.0. The Morgan fingerprint density at radius 2 is 2.08 bits per heavy atom. The Bertz CT molecular complexity index is 155. The Kier molecular flexibility index (Phi) is 3.26. The lowest BCUT2D eigenvalue weighted by Crippen LogP contribution is -2.44. The molecule has 3 unspecified atom stereocenters. The van der Waals surface area contributed by atoms with Gasteiger partial charge in [-0.05, 0) is 38.0 Å². The summed E-state index contributed by atoms with van der Waals surface area (Å²) >= 11 is 0. The molecule has 1 aliphatic carbocycles. The van der Waals surface area contributed by atoms with Gasteiger partial charge in [-0.1, -0.05) is 26.2 Å². The molecule has 1 saturated carbocycles. The number of hydrogen-bond donors (Lipinski definition) is 1. The maximum Gasteiger partial charge on any atom is 0.00979 e. The Hall–Kier alpha value is -0.0400. The van der Waals surface area contributed by atoms with Crippen LogP contribution in [0.4, 0.5) is 0 Å². The third-order valence-corrected chi connectivity index (χ3v) is 3.90. The van der Waals surface area contributed by atoms with Crippen LogP contribution >= 0.6 is 0 Å². The summed E-state index contributed by atoms with van der Waals surface area (Å²) in [6, 6.07) is 1.76. The van der Waals surface area contributed by atoms with Crippen molar-refractivity contribution in [1.29, 1.82) is 0 Å². The molecule has 1 saturated heterocycles. The standard InChI is InChI=1S/C12H23N/c1-2-3-6-11-9-8-10-5-4-7-12(10)13-11/h10-13H,2-9H2,1H3. The van der Waals surface area contributed by atoms with Crippen LogP contribution in [0, 0.1) is 5.92 Å². The molecule has 0 amide bonds. The zero-order chi connectivity index (χ0) is 9.10. The summed E-state index contributed by atoms with van der Waals surface area (Å²) in [5, 5.41) is 3.85. The quantitative estimate of drug-likeness (QED) is 0.705. The van der Waals surface area contributed by atoms with E-state index < -0.39 is 0 Å². The molecule has 1 heterocycles. The summed E-state index contributed by atoms with van der Waals surface area (Å²) in [7, 11) is 0. The first kappa shape index (κ1) is 9.51. The molecule has 0 bridgehead atoms. The van der Waals surface area contributed by atoms with E-state index in [1.165, 1.54) is 51.4 Å². The Labute approximate surface area is 82.3 Å². The average molecular weight is 181 g/mol. The Morgan fingerprint density at radius 1 is 1.15 bits per heavy atom. The topological polar surface area (TPSA) is 12.0 Å². The molecule has 0 spiro atoms. The smallest absolute Gasteiger partial charge is 0.00979 e. The molecule has 3 atom stereocenters. The molecule has 0 radical (unpaired) electrons. The zero-order valence-corrected chi connectivity index (χ0v) is 8.89. The summed E-state index contributed by atoms with van der Waals surface area (Å²) in [6.07, 6.45) is 11.6. The van der Waals surface area contributed by atoms with Crippen molar-refractivity contribution in [3.8, 4) is 0 Å². The van der Waals surface area contributed by atoms with Gasteiger partial charge in [0.15, 0.2) is 0 Å². The molecule has 2 rings (SSSR count). The fourth-order valence-electron chi connectivity index (χ4n) is 3.08. The predicted octanol–water partition coefficient (Wildman–Crippen LogP) is 3.10. The fraction of sp³-hybridized carbons (Fsp3) is 1.00. The van der Waals surface area contributed by atoms with Crippen molar-refractivity contribution < 1.29 is 0 Å². The lowest BCUT2D eigenvalue weighted by atomic mass is 9.88. The molecule has 0 aromatic rings. The van der Waals surface area contributed by atoms with Crippen LogP contribution in [0.2, 0.25) is 0 Å². The summed E-state index contributed by atoms with van der Waals surface area (Å²) in [5.74, 6) is 1.04. The third-order valence-electron chi connectivity index (χ3n) is 3.90. The van der Waals surface area contributed by atoms with Crippen molar-refractivity contribution in [1.82, 2.24) is 5.32 Å². The molecular formula is C12H23N. The molecule has 2 fully saturated rings. The van der Waals surface area contributed by atoms with Crippen LogP contribution in [0.15, 0.2) is 0 Å². The van der Waals surface area contributed by atoms with E-state index >= 15 is 0 Å². The maximum absolute atomic E-state index is 3.85. The van der Waals surface area contributed by atoms with Crippen LogP contribution in [-0.4, -0.2) is 12.1 Å². The van der Waals surface area contributed by atoms with Gasteiger partial charge in [-0.2, -0.15) is 0 Å². The van der Waals surface area contributed by atoms with Gasteiger partial charge in [0.05, 0.1) is 0 Å². The summed E-state index contributed by atoms with van der Waals surface area (Å²) < 4.78 is 0. The first-order valence-electron chi connectivity index (χ1n) is 6.16. The molecule has 0 aromatic heterocycles. The average Bonchev–Trinajstić information content (AvgIpc) is 2.61. The second kappa shape index (κ2) is 4.45. The third kappa shape index (κ3) is 2.25. The minimum Gasteiger partial charge on any atom is -0.311 e. The van der Waals surface area contributed by atoms with Crippen LogP contribution in [-0.2, 0) is 0 Å². The number of nitrogens with one attached hydrogen (secondary N) is 1. The molecular weight excluding hydrogens is 158 g/mol. The number of piperidine rings is 1. The SMILES string of the molecule is CCCCC1CCC2CCCC2N1. The molecule has 1 heteroatoms. The highest BCUT2D eigenvalue weighted by Gasteiger charge is 2.32. The molecule has 1 aliphatic heterocycles. The van der Waals surface area contributed by atoms with Gasteiger partial charge in [-0.15, -0.1) is 0 Å². The second-order valence-electron chi connectivity index (χ2n) is 4.88. The predicted molar refractivity (Wildman–Crippen MR) is 56.8 cm³/mol. The summed E-state index contributed by atoms with van der Waals surface area (Å²) in [6.45, 7) is 2.29. The normalized spacial score (nSPS) is 39.0. The number of rotatable bonds is 3. The van der Waals surface area contributed by atoms with E-state index in [0.717, 1.165) is 18.0 Å². The Balaban J connectivity index is 1.76. The summed E-state index contributed by atoms with van der Waals surface area (Å²) in [5.41, 5.74) is 0. The van der Waals surface area contributed by atoms with Crippen LogP contribution < -0.4 is 5.32 Å². The van der Waals surface area contributed by atoms with Gasteiger partial charge in [0.2, 0.25) is 0 Å². The van der Waals surface area contributed by atoms with Gasteiger partial charge in [-0.25, -0.2) is 0 Å². The second-order valence-corrected chi connectivity index (χ2v) is 4.88. The van der Waals surface area contributed by atoms with Crippen molar-refractivity contribution in [3.63, 3.8) is 0 Å². The van der Waals surface area contributed by atoms with Crippen LogP contribution in [0.3, 0.4) is 0 Å². The van der Waals surface area contributed by atoms with Gasteiger partial charge in [0.25, 0.3) is 0 Å². The highest BCUT2D eigenvalue weighted by molar-refractivity contribution is 4.90. The number of fused-ring (bicyclic) bond motifs is 1. The lowest BCUT2D eigenvalue weighted by Gasteiger charge is -2.33. The first-order valence-corrected chi connectivity index (χ1v) is 6.16. The van der Waals surface area contributed by atoms with E-state index in [9.17, 15) is 0 Å². The molecule has 0 aromatic carbocycles. The molecule has 13 heavy (non-hydrogen) atoms. The number of unbranched alkanes of at least 4 members (excludes halogenated alkanes) is 1. The zero-order valence-electron chi connectivity index (χ0n) is 8.89. The first-order chi connectivity index (χ1) is 6.40. The van der Waals surface area contributed by atoms with Gasteiger partial charge in [-0.3, -0.25) is 0 Å². The fourth-order valence-corrected chi connectivity index (χ4v) is 3.08. The van der Waals surface area contributed by atoms with E-state index in [1.54, 1.807) is 0 Å². The molecule has 1 N–H and O–H groups in total. The minimum atomic E-state index is 0.860.